The number of carbonyl (C=O) groups is 2. The number of ether oxygens (including phenoxy) is 1. The van der Waals surface area contributed by atoms with Crippen LogP contribution in [0.2, 0.25) is 15.1 Å². The summed E-state index contributed by atoms with van der Waals surface area (Å²) in [4.78, 5) is 27.1. The summed E-state index contributed by atoms with van der Waals surface area (Å²) in [6.45, 7) is 6.04. The summed E-state index contributed by atoms with van der Waals surface area (Å²) in [6.07, 6.45) is 0.739. The van der Waals surface area contributed by atoms with E-state index in [2.05, 4.69) is 5.32 Å². The number of hydrogen-bond acceptors (Lipinski definition) is 3. The summed E-state index contributed by atoms with van der Waals surface area (Å²) < 4.78 is 5.66. The summed E-state index contributed by atoms with van der Waals surface area (Å²) in [6, 6.07) is 11.5. The van der Waals surface area contributed by atoms with E-state index in [1.165, 1.54) is 4.90 Å². The molecule has 0 heterocycles. The van der Waals surface area contributed by atoms with Gasteiger partial charge in [0.1, 0.15) is 11.8 Å². The minimum absolute atomic E-state index is 0.0289. The standard InChI is InChI=1S/C23H27Cl3N2O3/c1-15(2)27-23(30)16(3)28(14-17-6-7-19(25)13-21(17)26)22(29)5-4-12-31-20-10-8-18(24)9-11-20/h6-11,13,15-16H,4-5,12,14H2,1-3H3,(H,27,30)/t16-/m1/s1. The summed E-state index contributed by atoms with van der Waals surface area (Å²) in [7, 11) is 0. The molecule has 0 aliphatic rings. The molecule has 0 aliphatic carbocycles. The maximum absolute atomic E-state index is 13.0. The van der Waals surface area contributed by atoms with Gasteiger partial charge in [-0.05, 0) is 69.2 Å². The van der Waals surface area contributed by atoms with Gasteiger partial charge in [0.05, 0.1) is 6.61 Å². The molecule has 0 saturated carbocycles. The fourth-order valence-corrected chi connectivity index (χ4v) is 3.50. The van der Waals surface area contributed by atoms with Gasteiger partial charge in [-0.25, -0.2) is 0 Å². The second-order valence-electron chi connectivity index (χ2n) is 7.50. The van der Waals surface area contributed by atoms with Crippen LogP contribution < -0.4 is 10.1 Å². The Hall–Kier alpha value is -1.95. The molecule has 2 aromatic carbocycles. The van der Waals surface area contributed by atoms with Gasteiger partial charge in [0.2, 0.25) is 11.8 Å². The zero-order chi connectivity index (χ0) is 23.0. The van der Waals surface area contributed by atoms with Crippen molar-refractivity contribution in [3.63, 3.8) is 0 Å². The fourth-order valence-electron chi connectivity index (χ4n) is 2.91. The third-order valence-corrected chi connectivity index (χ3v) is 5.41. The summed E-state index contributed by atoms with van der Waals surface area (Å²) in [5.41, 5.74) is 0.723. The second kappa shape index (κ2) is 12.2. The number of hydrogen-bond donors (Lipinski definition) is 1. The van der Waals surface area contributed by atoms with Gasteiger partial charge in [-0.1, -0.05) is 40.9 Å². The van der Waals surface area contributed by atoms with Crippen LogP contribution in [0.25, 0.3) is 0 Å². The van der Waals surface area contributed by atoms with Crippen molar-refractivity contribution < 1.29 is 14.3 Å². The van der Waals surface area contributed by atoms with Crippen LogP contribution in [0.15, 0.2) is 42.5 Å². The molecule has 31 heavy (non-hydrogen) atoms. The van der Waals surface area contributed by atoms with Crippen molar-refractivity contribution in [2.75, 3.05) is 6.61 Å². The van der Waals surface area contributed by atoms with Crippen molar-refractivity contribution >= 4 is 46.6 Å². The Morgan fingerprint density at radius 1 is 1.00 bits per heavy atom. The highest BCUT2D eigenvalue weighted by Gasteiger charge is 2.26. The fraction of sp³-hybridized carbons (Fsp3) is 0.391. The first kappa shape index (κ1) is 25.3. The third kappa shape index (κ3) is 8.24. The Balaban J connectivity index is 2.04. The van der Waals surface area contributed by atoms with Crippen molar-refractivity contribution in [2.45, 2.75) is 52.2 Å². The molecule has 0 radical (unpaired) electrons. The highest BCUT2D eigenvalue weighted by molar-refractivity contribution is 6.35. The van der Waals surface area contributed by atoms with Crippen molar-refractivity contribution in [3.05, 3.63) is 63.1 Å². The average Bonchev–Trinajstić information content (AvgIpc) is 2.71. The maximum atomic E-state index is 13.0. The molecule has 2 rings (SSSR count). The molecule has 0 aliphatic heterocycles. The van der Waals surface area contributed by atoms with Crippen LogP contribution in [-0.2, 0) is 16.1 Å². The number of nitrogens with zero attached hydrogens (tertiary/aromatic N) is 1. The lowest BCUT2D eigenvalue weighted by molar-refractivity contribution is -0.141. The smallest absolute Gasteiger partial charge is 0.242 e. The van der Waals surface area contributed by atoms with E-state index in [1.54, 1.807) is 49.4 Å². The lowest BCUT2D eigenvalue weighted by atomic mass is 10.1. The minimum atomic E-state index is -0.654. The first-order valence-electron chi connectivity index (χ1n) is 10.1. The number of carbonyl (C=O) groups excluding carboxylic acids is 2. The lowest BCUT2D eigenvalue weighted by Gasteiger charge is -2.29. The molecule has 0 bridgehead atoms. The van der Waals surface area contributed by atoms with Crippen molar-refractivity contribution in [3.8, 4) is 5.75 Å². The Morgan fingerprint density at radius 2 is 1.65 bits per heavy atom. The van der Waals surface area contributed by atoms with Gasteiger partial charge >= 0.3 is 0 Å². The first-order chi connectivity index (χ1) is 14.7. The molecular weight excluding hydrogens is 459 g/mol. The number of halogens is 3. The van der Waals surface area contributed by atoms with E-state index < -0.39 is 6.04 Å². The van der Waals surface area contributed by atoms with Crippen molar-refractivity contribution in [1.29, 1.82) is 0 Å². The van der Waals surface area contributed by atoms with E-state index in [0.29, 0.717) is 33.8 Å². The molecule has 2 amide bonds. The Bertz CT molecular complexity index is 888. The van der Waals surface area contributed by atoms with E-state index >= 15 is 0 Å². The normalized spacial score (nSPS) is 11.8. The Labute approximate surface area is 198 Å². The lowest BCUT2D eigenvalue weighted by Crippen LogP contribution is -2.49. The molecule has 0 aromatic heterocycles. The predicted octanol–water partition coefficient (Wildman–Crippen LogP) is 5.75. The highest BCUT2D eigenvalue weighted by atomic mass is 35.5. The van der Waals surface area contributed by atoms with Gasteiger partial charge < -0.3 is 15.0 Å². The molecule has 5 nitrogen and oxygen atoms in total. The Morgan fingerprint density at radius 3 is 2.26 bits per heavy atom. The molecule has 0 unspecified atom stereocenters. The van der Waals surface area contributed by atoms with Gasteiger partial charge in [-0.15, -0.1) is 0 Å². The van der Waals surface area contributed by atoms with E-state index in [9.17, 15) is 9.59 Å². The second-order valence-corrected chi connectivity index (χ2v) is 8.78. The number of rotatable bonds is 10. The van der Waals surface area contributed by atoms with Crippen LogP contribution in [0.3, 0.4) is 0 Å². The highest BCUT2D eigenvalue weighted by Crippen LogP contribution is 2.24. The Kier molecular flexibility index (Phi) is 9.94. The van der Waals surface area contributed by atoms with E-state index in [1.807, 2.05) is 13.8 Å². The van der Waals surface area contributed by atoms with Crippen LogP contribution in [0.5, 0.6) is 5.75 Å². The maximum Gasteiger partial charge on any atom is 0.242 e. The van der Waals surface area contributed by atoms with E-state index in [4.69, 9.17) is 39.5 Å². The van der Waals surface area contributed by atoms with E-state index in [-0.39, 0.29) is 30.8 Å². The van der Waals surface area contributed by atoms with Gasteiger partial charge in [0.15, 0.2) is 0 Å². The third-order valence-electron chi connectivity index (χ3n) is 4.57. The largest absolute Gasteiger partial charge is 0.494 e. The molecule has 0 saturated heterocycles. The van der Waals surface area contributed by atoms with Crippen LogP contribution >= 0.6 is 34.8 Å². The minimum Gasteiger partial charge on any atom is -0.494 e. The van der Waals surface area contributed by atoms with E-state index in [0.717, 1.165) is 5.56 Å². The van der Waals surface area contributed by atoms with Crippen LogP contribution in [0.4, 0.5) is 0 Å². The van der Waals surface area contributed by atoms with Crippen LogP contribution in [0, 0.1) is 0 Å². The van der Waals surface area contributed by atoms with Gasteiger partial charge in [-0.3, -0.25) is 9.59 Å². The first-order valence-corrected chi connectivity index (χ1v) is 11.2. The van der Waals surface area contributed by atoms with Gasteiger partial charge in [-0.2, -0.15) is 0 Å². The molecule has 2 aromatic rings. The van der Waals surface area contributed by atoms with Gasteiger partial charge in [0.25, 0.3) is 0 Å². The summed E-state index contributed by atoms with van der Waals surface area (Å²) >= 11 is 18.1. The number of benzene rings is 2. The molecular formula is C23H27Cl3N2O3. The summed E-state index contributed by atoms with van der Waals surface area (Å²) in [5, 5.41) is 4.45. The molecule has 0 spiro atoms. The predicted molar refractivity (Wildman–Crippen MR) is 126 cm³/mol. The zero-order valence-corrected chi connectivity index (χ0v) is 20.1. The average molecular weight is 486 g/mol. The number of amides is 2. The number of nitrogens with one attached hydrogen (secondary N) is 1. The van der Waals surface area contributed by atoms with Gasteiger partial charge in [0, 0.05) is 34.1 Å². The monoisotopic (exact) mass is 484 g/mol. The SMILES string of the molecule is CC(C)NC(=O)[C@@H](C)N(Cc1ccc(Cl)cc1Cl)C(=O)CCCOc1ccc(Cl)cc1. The summed E-state index contributed by atoms with van der Waals surface area (Å²) in [5.74, 6) is 0.314. The topological polar surface area (TPSA) is 58.6 Å². The quantitative estimate of drug-likeness (QED) is 0.436. The van der Waals surface area contributed by atoms with Crippen molar-refractivity contribution in [1.82, 2.24) is 10.2 Å². The van der Waals surface area contributed by atoms with Crippen LogP contribution in [0.1, 0.15) is 39.2 Å². The molecule has 0 fully saturated rings. The molecule has 168 valence electrons. The molecule has 1 N–H and O–H groups in total. The zero-order valence-electron chi connectivity index (χ0n) is 17.8. The molecule has 8 heteroatoms. The molecule has 1 atom stereocenters. The van der Waals surface area contributed by atoms with Crippen LogP contribution in [-0.4, -0.2) is 35.4 Å². The van der Waals surface area contributed by atoms with Crippen molar-refractivity contribution in [2.24, 2.45) is 0 Å².